The van der Waals surface area contributed by atoms with Crippen LogP contribution in [-0.2, 0) is 15.8 Å². The number of alkyl halides is 3. The smallest absolute Gasteiger partial charge is 0.416 e. The van der Waals surface area contributed by atoms with Crippen LogP contribution in [0.4, 0.5) is 24.5 Å². The van der Waals surface area contributed by atoms with Crippen LogP contribution in [0.3, 0.4) is 0 Å². The maximum atomic E-state index is 13.0. The summed E-state index contributed by atoms with van der Waals surface area (Å²) in [5.41, 5.74) is 7.90. The fourth-order valence-corrected chi connectivity index (χ4v) is 4.92. The Hall–Kier alpha value is -5.29. The summed E-state index contributed by atoms with van der Waals surface area (Å²) in [5, 5.41) is 5.46. The lowest BCUT2D eigenvalue weighted by Crippen LogP contribution is -2.13. The normalized spacial score (nSPS) is 13.4. The van der Waals surface area contributed by atoms with Gasteiger partial charge in [-0.25, -0.2) is 0 Å². The van der Waals surface area contributed by atoms with E-state index in [9.17, 15) is 22.8 Å². The molecule has 0 saturated heterocycles. The second-order valence-corrected chi connectivity index (χ2v) is 10.1. The molecule has 0 spiro atoms. The van der Waals surface area contributed by atoms with Crippen molar-refractivity contribution in [2.24, 2.45) is 0 Å². The highest BCUT2D eigenvalue weighted by atomic mass is 19.4. The van der Waals surface area contributed by atoms with Crippen LogP contribution in [0, 0.1) is 13.8 Å². The van der Waals surface area contributed by atoms with Crippen LogP contribution in [0.25, 0.3) is 17.3 Å². The van der Waals surface area contributed by atoms with Crippen molar-refractivity contribution in [1.82, 2.24) is 10.5 Å². The molecule has 2 heterocycles. The molecule has 11 heteroatoms. The first-order valence-electron chi connectivity index (χ1n) is 13.6. The molecule has 3 aromatic carbocycles. The number of aromatic nitrogens is 1. The summed E-state index contributed by atoms with van der Waals surface area (Å²) in [6, 6.07) is 15.8. The average molecular weight is 603 g/mol. The standard InChI is InChI=1S/C33H29F3N4O4/c1-5-43-40-20(4)30-18(2)28(37-19(30)3)17-27-26-13-12-25(16-29(26)39-32(27)42)44-24-11-7-10-23(15-24)38-31(41)21-8-6-9-22(14-21)33(34,35)36/h6-17,37,40H,4-5H2,1-3H3,(H,38,41)(H,39,42)/b27-17-. The van der Waals surface area contributed by atoms with Crippen molar-refractivity contribution in [3.63, 3.8) is 0 Å². The van der Waals surface area contributed by atoms with Crippen LogP contribution in [0.15, 0.2) is 73.3 Å². The molecule has 1 aliphatic heterocycles. The maximum absolute atomic E-state index is 13.0. The van der Waals surface area contributed by atoms with Gasteiger partial charge in [0.25, 0.3) is 11.8 Å². The Morgan fingerprint density at radius 3 is 2.52 bits per heavy atom. The number of fused-ring (bicyclic) bond motifs is 1. The van der Waals surface area contributed by atoms with E-state index >= 15 is 0 Å². The van der Waals surface area contributed by atoms with Crippen LogP contribution < -0.4 is 20.9 Å². The fourth-order valence-electron chi connectivity index (χ4n) is 4.92. The van der Waals surface area contributed by atoms with Gasteiger partial charge in [0.2, 0.25) is 0 Å². The Balaban J connectivity index is 1.32. The summed E-state index contributed by atoms with van der Waals surface area (Å²) >= 11 is 0. The first-order chi connectivity index (χ1) is 20.9. The van der Waals surface area contributed by atoms with Crippen molar-refractivity contribution in [2.45, 2.75) is 26.9 Å². The van der Waals surface area contributed by atoms with Gasteiger partial charge in [-0.15, -0.1) is 0 Å². The number of carbonyl (C=O) groups is 2. The highest BCUT2D eigenvalue weighted by Gasteiger charge is 2.31. The third-order valence-electron chi connectivity index (χ3n) is 6.96. The summed E-state index contributed by atoms with van der Waals surface area (Å²) in [6.45, 7) is 10.2. The number of aryl methyl sites for hydroxylation is 1. The number of halogens is 3. The predicted molar refractivity (Wildman–Crippen MR) is 163 cm³/mol. The quantitative estimate of drug-likeness (QED) is 0.116. The Morgan fingerprint density at radius 2 is 1.77 bits per heavy atom. The molecule has 0 saturated carbocycles. The van der Waals surface area contributed by atoms with Gasteiger partial charge in [-0.2, -0.15) is 13.2 Å². The summed E-state index contributed by atoms with van der Waals surface area (Å²) in [4.78, 5) is 34.1. The van der Waals surface area contributed by atoms with Gasteiger partial charge in [0.15, 0.2) is 0 Å². The molecule has 5 rings (SSSR count). The minimum absolute atomic E-state index is 0.127. The zero-order chi connectivity index (χ0) is 31.6. The number of hydroxylamine groups is 1. The predicted octanol–water partition coefficient (Wildman–Crippen LogP) is 7.70. The summed E-state index contributed by atoms with van der Waals surface area (Å²) < 4.78 is 45.1. The molecule has 0 unspecified atom stereocenters. The number of hydrogen-bond donors (Lipinski definition) is 4. The molecule has 0 fully saturated rings. The minimum atomic E-state index is -4.56. The van der Waals surface area contributed by atoms with E-state index < -0.39 is 17.6 Å². The molecule has 4 N–H and O–H groups in total. The molecule has 44 heavy (non-hydrogen) atoms. The lowest BCUT2D eigenvalue weighted by atomic mass is 10.0. The number of carbonyl (C=O) groups excluding carboxylic acids is 2. The highest BCUT2D eigenvalue weighted by molar-refractivity contribution is 6.35. The van der Waals surface area contributed by atoms with Crippen LogP contribution in [0.5, 0.6) is 11.5 Å². The van der Waals surface area contributed by atoms with Crippen LogP contribution >= 0.6 is 0 Å². The lowest BCUT2D eigenvalue weighted by Gasteiger charge is -2.11. The van der Waals surface area contributed by atoms with Gasteiger partial charge in [0.1, 0.15) is 11.5 Å². The number of rotatable bonds is 9. The summed E-state index contributed by atoms with van der Waals surface area (Å²) in [6.07, 6.45) is -2.77. The molecule has 8 nitrogen and oxygen atoms in total. The number of amides is 2. The van der Waals surface area contributed by atoms with Gasteiger partial charge in [0.05, 0.1) is 29.1 Å². The number of nitrogens with one attached hydrogen (secondary N) is 4. The van der Waals surface area contributed by atoms with Gasteiger partial charge >= 0.3 is 6.18 Å². The van der Waals surface area contributed by atoms with Crippen molar-refractivity contribution in [3.05, 3.63) is 113 Å². The molecule has 4 aromatic rings. The second-order valence-electron chi connectivity index (χ2n) is 10.1. The Kier molecular flexibility index (Phi) is 8.32. The maximum Gasteiger partial charge on any atom is 0.416 e. The summed E-state index contributed by atoms with van der Waals surface area (Å²) in [7, 11) is 0. The molecule has 0 atom stereocenters. The fraction of sp³-hybridized carbons (Fsp3) is 0.152. The van der Waals surface area contributed by atoms with E-state index in [2.05, 4.69) is 27.7 Å². The van der Waals surface area contributed by atoms with Gasteiger partial charge in [-0.3, -0.25) is 19.9 Å². The van der Waals surface area contributed by atoms with Crippen LogP contribution in [0.1, 0.15) is 50.9 Å². The number of aromatic amines is 1. The zero-order valence-corrected chi connectivity index (χ0v) is 24.1. The molecule has 0 aliphatic carbocycles. The van der Waals surface area contributed by atoms with E-state index in [1.165, 1.54) is 12.1 Å². The molecule has 0 bridgehead atoms. The van der Waals surface area contributed by atoms with E-state index in [4.69, 9.17) is 9.57 Å². The van der Waals surface area contributed by atoms with E-state index in [0.29, 0.717) is 46.3 Å². The van der Waals surface area contributed by atoms with Gasteiger partial charge in [-0.1, -0.05) is 18.7 Å². The van der Waals surface area contributed by atoms with Gasteiger partial charge in [0, 0.05) is 45.9 Å². The topological polar surface area (TPSA) is 104 Å². The molecule has 1 aliphatic rings. The van der Waals surface area contributed by atoms with Crippen LogP contribution in [-0.4, -0.2) is 23.4 Å². The molecule has 1 aromatic heterocycles. The first-order valence-corrected chi connectivity index (χ1v) is 13.6. The Morgan fingerprint density at radius 1 is 1.02 bits per heavy atom. The minimum Gasteiger partial charge on any atom is -0.457 e. The molecule has 226 valence electrons. The van der Waals surface area contributed by atoms with E-state index in [1.54, 1.807) is 48.5 Å². The third-order valence-corrected chi connectivity index (χ3v) is 6.96. The number of anilines is 2. The monoisotopic (exact) mass is 602 g/mol. The highest BCUT2D eigenvalue weighted by Crippen LogP contribution is 2.38. The van der Waals surface area contributed by atoms with Crippen molar-refractivity contribution in [1.29, 1.82) is 0 Å². The summed E-state index contributed by atoms with van der Waals surface area (Å²) in [5.74, 6) is -0.157. The second kappa shape index (κ2) is 12.1. The van der Waals surface area contributed by atoms with Crippen molar-refractivity contribution in [3.8, 4) is 11.5 Å². The molecular weight excluding hydrogens is 573 g/mol. The lowest BCUT2D eigenvalue weighted by molar-refractivity contribution is -0.137. The van der Waals surface area contributed by atoms with Crippen molar-refractivity contribution in [2.75, 3.05) is 17.2 Å². The number of hydrogen-bond acceptors (Lipinski definition) is 5. The number of ether oxygens (including phenoxy) is 1. The van der Waals surface area contributed by atoms with Gasteiger partial charge < -0.3 is 20.4 Å². The molecular formula is C33H29F3N4O4. The van der Waals surface area contributed by atoms with E-state index in [1.807, 2.05) is 20.8 Å². The van der Waals surface area contributed by atoms with Crippen molar-refractivity contribution < 1.29 is 32.3 Å². The average Bonchev–Trinajstić information content (AvgIpc) is 3.44. The largest absolute Gasteiger partial charge is 0.457 e. The Bertz CT molecular complexity index is 1810. The first kappa shape index (κ1) is 30.2. The number of benzene rings is 3. The zero-order valence-electron chi connectivity index (χ0n) is 24.1. The van der Waals surface area contributed by atoms with E-state index in [-0.39, 0.29) is 11.5 Å². The molecule has 2 amide bonds. The Labute approximate surface area is 251 Å². The SMILES string of the molecule is C=C(NOCC)c1c(C)[nH]c(/C=C2\C(=O)Nc3cc(Oc4cccc(NC(=O)c5cccc(C(F)(F)F)c5)c4)ccc32)c1C. The molecule has 0 radical (unpaired) electrons. The third kappa shape index (κ3) is 6.37. The number of H-pyrrole nitrogens is 1. The van der Waals surface area contributed by atoms with Crippen LogP contribution in [0.2, 0.25) is 0 Å². The van der Waals surface area contributed by atoms with E-state index in [0.717, 1.165) is 34.6 Å². The van der Waals surface area contributed by atoms with Crippen molar-refractivity contribution >= 4 is 40.5 Å². The van der Waals surface area contributed by atoms with Gasteiger partial charge in [-0.05, 0) is 74.9 Å².